The molecule has 1 fully saturated rings. The zero-order valence-electron chi connectivity index (χ0n) is 20.4. The van der Waals surface area contributed by atoms with Crippen molar-refractivity contribution in [1.29, 1.82) is 0 Å². The molecule has 6 nitrogen and oxygen atoms in total. The van der Waals surface area contributed by atoms with Crippen molar-refractivity contribution in [1.82, 2.24) is 19.5 Å². The number of nitrogens with zero attached hydrogens (tertiary/aromatic N) is 4. The highest BCUT2D eigenvalue weighted by Gasteiger charge is 2.32. The topological polar surface area (TPSA) is 67.6 Å². The summed E-state index contributed by atoms with van der Waals surface area (Å²) in [5, 5.41) is 4.28. The number of halogens is 3. The molecule has 0 unspecified atom stereocenters. The smallest absolute Gasteiger partial charge is 0.303 e. The average Bonchev–Trinajstić information content (AvgIpc) is 3.30. The molecule has 0 spiro atoms. The van der Waals surface area contributed by atoms with Crippen LogP contribution in [0.15, 0.2) is 66.0 Å². The molecule has 0 radical (unpaired) electrons. The number of hydrogen-bond acceptors (Lipinski definition) is 5. The van der Waals surface area contributed by atoms with Crippen molar-refractivity contribution in [2.75, 3.05) is 25.9 Å². The van der Waals surface area contributed by atoms with E-state index in [0.717, 1.165) is 36.4 Å². The number of piperidine rings is 1. The number of rotatable bonds is 6. The Morgan fingerprint density at radius 3 is 2.32 bits per heavy atom. The molecule has 3 heterocycles. The lowest BCUT2D eigenvalue weighted by Gasteiger charge is -2.26. The van der Waals surface area contributed by atoms with Crippen LogP contribution in [0.1, 0.15) is 30.4 Å². The number of aromatic nitrogens is 3. The van der Waals surface area contributed by atoms with Gasteiger partial charge in [0.25, 0.3) is 0 Å². The molecule has 0 atom stereocenters. The lowest BCUT2D eigenvalue weighted by atomic mass is 10.0. The number of likely N-dealkylation sites (tertiary alicyclic amines) is 1. The summed E-state index contributed by atoms with van der Waals surface area (Å²) < 4.78 is 66.0. The van der Waals surface area contributed by atoms with Crippen LogP contribution in [0.25, 0.3) is 27.9 Å². The van der Waals surface area contributed by atoms with Gasteiger partial charge in [-0.3, -0.25) is 0 Å². The summed E-state index contributed by atoms with van der Waals surface area (Å²) >= 11 is 0. The van der Waals surface area contributed by atoms with E-state index in [1.54, 1.807) is 12.4 Å². The van der Waals surface area contributed by atoms with Crippen LogP contribution in [0, 0.1) is 0 Å². The Hall–Kier alpha value is -3.24. The molecular weight excluding hydrogens is 501 g/mol. The van der Waals surface area contributed by atoms with Crippen LogP contribution in [-0.4, -0.2) is 53.8 Å². The van der Waals surface area contributed by atoms with Gasteiger partial charge in [-0.1, -0.05) is 30.7 Å². The molecule has 4 aromatic rings. The molecule has 2 aromatic carbocycles. The van der Waals surface area contributed by atoms with Crippen LogP contribution in [0.2, 0.25) is 0 Å². The minimum atomic E-state index is -4.70. The second-order valence-corrected chi connectivity index (χ2v) is 11.6. The monoisotopic (exact) mass is 528 g/mol. The van der Waals surface area contributed by atoms with Gasteiger partial charge >= 0.3 is 6.18 Å². The van der Waals surface area contributed by atoms with Crippen LogP contribution in [-0.2, 0) is 22.4 Å². The van der Waals surface area contributed by atoms with Crippen LogP contribution >= 0.6 is 0 Å². The molecule has 10 heteroatoms. The van der Waals surface area contributed by atoms with Crippen LogP contribution in [0.4, 0.5) is 13.2 Å². The minimum Gasteiger partial charge on any atom is -0.303 e. The second-order valence-electron chi connectivity index (χ2n) is 9.53. The van der Waals surface area contributed by atoms with Crippen molar-refractivity contribution < 1.29 is 21.6 Å². The van der Waals surface area contributed by atoms with Gasteiger partial charge in [-0.15, -0.1) is 0 Å². The van der Waals surface area contributed by atoms with E-state index < -0.39 is 26.5 Å². The highest BCUT2D eigenvalue weighted by atomic mass is 32.2. The van der Waals surface area contributed by atoms with Crippen molar-refractivity contribution in [2.24, 2.45) is 0 Å². The first kappa shape index (κ1) is 25.4. The number of fused-ring (bicyclic) bond motifs is 1. The molecule has 0 amide bonds. The fourth-order valence-electron chi connectivity index (χ4n) is 4.69. The van der Waals surface area contributed by atoms with Crippen molar-refractivity contribution in [2.45, 2.75) is 36.8 Å². The SMILES string of the molecule is CS(=O)(=O)c1cc(-c2cnn3cc(-c4ccc(CCN5CCCCC5)cc4)cnc23)cc(C(F)(F)F)c1. The standard InChI is InChI=1S/C27H27F3N4O2S/c1-37(35,36)24-14-21(13-23(15-24)27(28,29)30)25-17-32-34-18-22(16-31-26(25)34)20-7-5-19(6-8-20)9-12-33-10-3-2-4-11-33/h5-8,13-18H,2-4,9-12H2,1H3. The van der Waals surface area contributed by atoms with Crippen LogP contribution in [0.5, 0.6) is 0 Å². The zero-order chi connectivity index (χ0) is 26.2. The van der Waals surface area contributed by atoms with Crippen molar-refractivity contribution in [3.05, 3.63) is 72.2 Å². The molecule has 37 heavy (non-hydrogen) atoms. The van der Waals surface area contributed by atoms with E-state index in [2.05, 4.69) is 27.1 Å². The maximum atomic E-state index is 13.5. The molecule has 194 valence electrons. The lowest BCUT2D eigenvalue weighted by molar-refractivity contribution is -0.137. The van der Waals surface area contributed by atoms with Crippen LogP contribution < -0.4 is 0 Å². The van der Waals surface area contributed by atoms with E-state index in [4.69, 9.17) is 0 Å². The van der Waals surface area contributed by atoms with Gasteiger partial charge in [0, 0.05) is 36.3 Å². The van der Waals surface area contributed by atoms with Crippen molar-refractivity contribution in [3.63, 3.8) is 0 Å². The van der Waals surface area contributed by atoms with E-state index in [9.17, 15) is 21.6 Å². The Bertz CT molecular complexity index is 1520. The van der Waals surface area contributed by atoms with Gasteiger partial charge in [0.1, 0.15) is 0 Å². The first-order valence-electron chi connectivity index (χ1n) is 12.2. The quantitative estimate of drug-likeness (QED) is 0.330. The van der Waals surface area contributed by atoms with E-state index in [1.165, 1.54) is 54.7 Å². The molecular formula is C27H27F3N4O2S. The summed E-state index contributed by atoms with van der Waals surface area (Å²) in [4.78, 5) is 6.56. The number of benzene rings is 2. The van der Waals surface area contributed by atoms with Gasteiger partial charge in [-0.2, -0.15) is 18.3 Å². The van der Waals surface area contributed by atoms with Gasteiger partial charge in [0.15, 0.2) is 15.5 Å². The maximum absolute atomic E-state index is 13.5. The van der Waals surface area contributed by atoms with E-state index in [1.807, 2.05) is 12.1 Å². The minimum absolute atomic E-state index is 0.0866. The summed E-state index contributed by atoms with van der Waals surface area (Å²) in [6.07, 6.45) is 5.86. The third kappa shape index (κ3) is 5.70. The Morgan fingerprint density at radius 1 is 0.919 bits per heavy atom. The zero-order valence-corrected chi connectivity index (χ0v) is 21.2. The summed E-state index contributed by atoms with van der Waals surface area (Å²) in [6.45, 7) is 3.40. The first-order chi connectivity index (χ1) is 17.6. The number of hydrogen-bond donors (Lipinski definition) is 0. The Kier molecular flexibility index (Phi) is 6.80. The summed E-state index contributed by atoms with van der Waals surface area (Å²) in [6, 6.07) is 11.1. The molecule has 0 bridgehead atoms. The third-order valence-corrected chi connectivity index (χ3v) is 7.87. The fraction of sp³-hybridized carbons (Fsp3) is 0.333. The maximum Gasteiger partial charge on any atom is 0.416 e. The summed E-state index contributed by atoms with van der Waals surface area (Å²) in [5.41, 5.74) is 2.72. The Balaban J connectivity index is 1.41. The molecule has 0 N–H and O–H groups in total. The largest absolute Gasteiger partial charge is 0.416 e. The van der Waals surface area contributed by atoms with Crippen LogP contribution in [0.3, 0.4) is 0 Å². The predicted octanol–water partition coefficient (Wildman–Crippen LogP) is 5.51. The van der Waals surface area contributed by atoms with E-state index >= 15 is 0 Å². The van der Waals surface area contributed by atoms with Gasteiger partial charge in [0.05, 0.1) is 16.7 Å². The normalized spacial score (nSPS) is 15.4. The average molecular weight is 529 g/mol. The molecule has 1 aliphatic heterocycles. The third-order valence-electron chi connectivity index (χ3n) is 6.78. The van der Waals surface area contributed by atoms with Gasteiger partial charge < -0.3 is 4.90 Å². The molecule has 2 aromatic heterocycles. The van der Waals surface area contributed by atoms with Crippen molar-refractivity contribution >= 4 is 15.5 Å². The molecule has 5 rings (SSSR count). The highest BCUT2D eigenvalue weighted by Crippen LogP contribution is 2.35. The Labute approximate surface area is 213 Å². The fourth-order valence-corrected chi connectivity index (χ4v) is 5.38. The van der Waals surface area contributed by atoms with Gasteiger partial charge in [-0.05, 0) is 67.2 Å². The second kappa shape index (κ2) is 9.90. The molecule has 0 saturated carbocycles. The first-order valence-corrected chi connectivity index (χ1v) is 14.0. The van der Waals surface area contributed by atoms with E-state index in [0.29, 0.717) is 17.3 Å². The summed E-state index contributed by atoms with van der Waals surface area (Å²) in [7, 11) is -3.86. The highest BCUT2D eigenvalue weighted by molar-refractivity contribution is 7.90. The van der Waals surface area contributed by atoms with Gasteiger partial charge in [-0.25, -0.2) is 17.9 Å². The summed E-state index contributed by atoms with van der Waals surface area (Å²) in [5.74, 6) is 0. The van der Waals surface area contributed by atoms with Gasteiger partial charge in [0.2, 0.25) is 0 Å². The Morgan fingerprint density at radius 2 is 1.65 bits per heavy atom. The predicted molar refractivity (Wildman–Crippen MR) is 136 cm³/mol. The molecule has 1 aliphatic rings. The molecule has 0 aliphatic carbocycles. The van der Waals surface area contributed by atoms with E-state index in [-0.39, 0.29) is 5.56 Å². The lowest BCUT2D eigenvalue weighted by Crippen LogP contribution is -2.31. The molecule has 1 saturated heterocycles. The van der Waals surface area contributed by atoms with Crippen molar-refractivity contribution in [3.8, 4) is 22.3 Å². The number of alkyl halides is 3. The number of sulfone groups is 1.